The van der Waals surface area contributed by atoms with Crippen LogP contribution in [-0.2, 0) is 13.5 Å². The third kappa shape index (κ3) is 4.29. The smallest absolute Gasteiger partial charge is 0.320 e. The first kappa shape index (κ1) is 17.3. The van der Waals surface area contributed by atoms with Crippen molar-refractivity contribution in [1.29, 1.82) is 0 Å². The van der Waals surface area contributed by atoms with Gasteiger partial charge in [0, 0.05) is 37.9 Å². The highest BCUT2D eigenvalue weighted by atomic mass is 19.1. The van der Waals surface area contributed by atoms with E-state index in [-0.39, 0.29) is 17.9 Å². The van der Waals surface area contributed by atoms with Gasteiger partial charge in [-0.2, -0.15) is 5.10 Å². The third-order valence-electron chi connectivity index (χ3n) is 4.46. The topological polar surface area (TPSA) is 62.2 Å². The van der Waals surface area contributed by atoms with E-state index in [1.165, 1.54) is 12.1 Å². The Labute approximate surface area is 147 Å². The molecule has 1 atom stereocenters. The minimum atomic E-state index is -0.242. The number of anilines is 2. The summed E-state index contributed by atoms with van der Waals surface area (Å²) in [5.41, 5.74) is 1.79. The van der Waals surface area contributed by atoms with Gasteiger partial charge in [0.05, 0.1) is 5.69 Å². The molecule has 2 heterocycles. The summed E-state index contributed by atoms with van der Waals surface area (Å²) in [7, 11) is 1.81. The second-order valence-electron chi connectivity index (χ2n) is 6.36. The first-order valence-corrected chi connectivity index (χ1v) is 8.66. The van der Waals surface area contributed by atoms with Crippen molar-refractivity contribution in [2.45, 2.75) is 32.2 Å². The SMILES string of the molecule is CCc1cc(NC(=O)NC2CCCN(c3cccc(F)c3)C2)n(C)n1. The van der Waals surface area contributed by atoms with E-state index in [4.69, 9.17) is 0 Å². The predicted molar refractivity (Wildman–Crippen MR) is 96.4 cm³/mol. The number of benzene rings is 1. The summed E-state index contributed by atoms with van der Waals surface area (Å²) in [6.07, 6.45) is 2.68. The van der Waals surface area contributed by atoms with E-state index in [0.717, 1.165) is 37.2 Å². The number of carbonyl (C=O) groups is 1. The van der Waals surface area contributed by atoms with Crippen molar-refractivity contribution in [3.05, 3.63) is 41.8 Å². The van der Waals surface area contributed by atoms with Gasteiger partial charge in [0.15, 0.2) is 0 Å². The van der Waals surface area contributed by atoms with Crippen LogP contribution in [0.4, 0.5) is 20.7 Å². The fourth-order valence-electron chi connectivity index (χ4n) is 3.16. The largest absolute Gasteiger partial charge is 0.369 e. The minimum absolute atomic E-state index is 0.0240. The molecule has 1 unspecified atom stereocenters. The lowest BCUT2D eigenvalue weighted by Gasteiger charge is -2.34. The van der Waals surface area contributed by atoms with Crippen LogP contribution in [0.2, 0.25) is 0 Å². The molecule has 0 radical (unpaired) electrons. The molecule has 6 nitrogen and oxygen atoms in total. The Bertz CT molecular complexity index is 745. The Balaban J connectivity index is 1.58. The quantitative estimate of drug-likeness (QED) is 0.896. The number of hydrogen-bond donors (Lipinski definition) is 2. The molecule has 1 aromatic heterocycles. The van der Waals surface area contributed by atoms with Crippen LogP contribution in [-0.4, -0.2) is 34.9 Å². The molecule has 25 heavy (non-hydrogen) atoms. The van der Waals surface area contributed by atoms with Gasteiger partial charge in [-0.15, -0.1) is 0 Å². The number of nitrogens with one attached hydrogen (secondary N) is 2. The van der Waals surface area contributed by atoms with E-state index in [2.05, 4.69) is 20.6 Å². The van der Waals surface area contributed by atoms with Crippen LogP contribution in [0.25, 0.3) is 0 Å². The number of aryl methyl sites for hydroxylation is 2. The van der Waals surface area contributed by atoms with Gasteiger partial charge < -0.3 is 10.2 Å². The molecule has 0 aliphatic carbocycles. The Morgan fingerprint density at radius 3 is 2.96 bits per heavy atom. The molecule has 2 N–H and O–H groups in total. The van der Waals surface area contributed by atoms with Crippen LogP contribution < -0.4 is 15.5 Å². The summed E-state index contributed by atoms with van der Waals surface area (Å²) in [6, 6.07) is 8.24. The molecule has 0 spiro atoms. The molecular weight excluding hydrogens is 321 g/mol. The van der Waals surface area contributed by atoms with Crippen LogP contribution >= 0.6 is 0 Å². The third-order valence-corrected chi connectivity index (χ3v) is 4.46. The number of amides is 2. The average molecular weight is 345 g/mol. The fourth-order valence-corrected chi connectivity index (χ4v) is 3.16. The maximum atomic E-state index is 13.4. The Morgan fingerprint density at radius 2 is 2.24 bits per heavy atom. The van der Waals surface area contributed by atoms with E-state index in [0.29, 0.717) is 12.4 Å². The Kier molecular flexibility index (Phi) is 5.21. The second kappa shape index (κ2) is 7.55. The number of carbonyl (C=O) groups excluding carboxylic acids is 1. The van der Waals surface area contributed by atoms with Crippen LogP contribution in [0.5, 0.6) is 0 Å². The first-order valence-electron chi connectivity index (χ1n) is 8.66. The van der Waals surface area contributed by atoms with E-state index in [1.807, 2.05) is 19.1 Å². The lowest BCUT2D eigenvalue weighted by atomic mass is 10.1. The van der Waals surface area contributed by atoms with Crippen LogP contribution in [0.3, 0.4) is 0 Å². The van der Waals surface area contributed by atoms with Crippen molar-refractivity contribution in [1.82, 2.24) is 15.1 Å². The molecule has 0 bridgehead atoms. The van der Waals surface area contributed by atoms with Crippen molar-refractivity contribution >= 4 is 17.5 Å². The van der Waals surface area contributed by atoms with Crippen molar-refractivity contribution in [3.8, 4) is 0 Å². The van der Waals surface area contributed by atoms with Gasteiger partial charge in [-0.1, -0.05) is 13.0 Å². The van der Waals surface area contributed by atoms with E-state index < -0.39 is 0 Å². The molecule has 1 aliphatic heterocycles. The molecule has 1 aromatic carbocycles. The molecule has 3 rings (SSSR count). The monoisotopic (exact) mass is 345 g/mol. The zero-order valence-corrected chi connectivity index (χ0v) is 14.6. The van der Waals surface area contributed by atoms with Crippen LogP contribution in [0.1, 0.15) is 25.5 Å². The number of piperidine rings is 1. The zero-order valence-electron chi connectivity index (χ0n) is 14.6. The predicted octanol–water partition coefficient (Wildman–Crippen LogP) is 2.91. The van der Waals surface area contributed by atoms with E-state index in [9.17, 15) is 9.18 Å². The highest BCUT2D eigenvalue weighted by Crippen LogP contribution is 2.21. The number of urea groups is 1. The molecule has 134 valence electrons. The van der Waals surface area contributed by atoms with Gasteiger partial charge >= 0.3 is 6.03 Å². The van der Waals surface area contributed by atoms with E-state index >= 15 is 0 Å². The van der Waals surface area contributed by atoms with Crippen LogP contribution in [0, 0.1) is 5.82 Å². The van der Waals surface area contributed by atoms with Crippen molar-refractivity contribution < 1.29 is 9.18 Å². The number of aromatic nitrogens is 2. The normalized spacial score (nSPS) is 17.4. The number of nitrogens with zero attached hydrogens (tertiary/aromatic N) is 3. The highest BCUT2D eigenvalue weighted by molar-refractivity contribution is 5.88. The average Bonchev–Trinajstić information content (AvgIpc) is 2.95. The standard InChI is InChI=1S/C18H24FN5O/c1-3-14-11-17(23(2)22-14)21-18(25)20-15-7-5-9-24(12-15)16-8-4-6-13(19)10-16/h4,6,8,10-11,15H,3,5,7,9,12H2,1-2H3,(H2,20,21,25). The molecule has 0 saturated carbocycles. The molecule has 7 heteroatoms. The lowest BCUT2D eigenvalue weighted by Crippen LogP contribution is -2.49. The lowest BCUT2D eigenvalue weighted by molar-refractivity contribution is 0.246. The van der Waals surface area contributed by atoms with Crippen molar-refractivity contribution in [2.75, 3.05) is 23.3 Å². The van der Waals surface area contributed by atoms with Gasteiger partial charge in [-0.25, -0.2) is 9.18 Å². The van der Waals surface area contributed by atoms with Crippen molar-refractivity contribution in [2.24, 2.45) is 7.05 Å². The van der Waals surface area contributed by atoms with E-state index in [1.54, 1.807) is 17.8 Å². The number of hydrogen-bond acceptors (Lipinski definition) is 3. The summed E-state index contributed by atoms with van der Waals surface area (Å²) in [5.74, 6) is 0.431. The molecule has 1 saturated heterocycles. The number of halogens is 1. The maximum Gasteiger partial charge on any atom is 0.320 e. The molecule has 2 amide bonds. The van der Waals surface area contributed by atoms with Crippen molar-refractivity contribution in [3.63, 3.8) is 0 Å². The minimum Gasteiger partial charge on any atom is -0.369 e. The van der Waals surface area contributed by atoms with Gasteiger partial charge in [-0.05, 0) is 37.5 Å². The molecule has 1 fully saturated rings. The van der Waals surface area contributed by atoms with Gasteiger partial charge in [-0.3, -0.25) is 10.00 Å². The highest BCUT2D eigenvalue weighted by Gasteiger charge is 2.22. The summed E-state index contributed by atoms with van der Waals surface area (Å²) in [4.78, 5) is 14.4. The summed E-state index contributed by atoms with van der Waals surface area (Å²) in [5, 5.41) is 10.2. The molecule has 1 aliphatic rings. The molecular formula is C18H24FN5O. The van der Waals surface area contributed by atoms with Gasteiger partial charge in [0.25, 0.3) is 0 Å². The zero-order chi connectivity index (χ0) is 17.8. The summed E-state index contributed by atoms with van der Waals surface area (Å²) >= 11 is 0. The Hall–Kier alpha value is -2.57. The fraction of sp³-hybridized carbons (Fsp3) is 0.444. The summed E-state index contributed by atoms with van der Waals surface area (Å²) in [6.45, 7) is 3.56. The first-order chi connectivity index (χ1) is 12.0. The maximum absolute atomic E-state index is 13.4. The second-order valence-corrected chi connectivity index (χ2v) is 6.36. The Morgan fingerprint density at radius 1 is 1.40 bits per heavy atom. The van der Waals surface area contributed by atoms with Gasteiger partial charge in [0.1, 0.15) is 11.6 Å². The van der Waals surface area contributed by atoms with Crippen LogP contribution in [0.15, 0.2) is 30.3 Å². The summed E-state index contributed by atoms with van der Waals surface area (Å²) < 4.78 is 15.1. The number of rotatable bonds is 4. The van der Waals surface area contributed by atoms with Gasteiger partial charge in [0.2, 0.25) is 0 Å². The molecule has 2 aromatic rings.